The molecule has 7 nitrogen and oxygen atoms in total. The minimum Gasteiger partial charge on any atom is -0.490 e. The van der Waals surface area contributed by atoms with Gasteiger partial charge in [0.15, 0.2) is 17.2 Å². The van der Waals surface area contributed by atoms with E-state index in [1.54, 1.807) is 6.07 Å². The number of likely N-dealkylation sites (tertiary alicyclic amines) is 2. The maximum atomic E-state index is 15.4. The van der Waals surface area contributed by atoms with Crippen molar-refractivity contribution in [3.05, 3.63) is 23.8 Å². The Hall–Kier alpha value is -2.42. The number of carbonyl (C=O) groups excluding carboxylic acids is 2. The van der Waals surface area contributed by atoms with Gasteiger partial charge in [0.2, 0.25) is 5.67 Å². The van der Waals surface area contributed by atoms with Gasteiger partial charge in [-0.25, -0.2) is 8.78 Å². The molecule has 0 radical (unpaired) electrons. The van der Waals surface area contributed by atoms with E-state index in [9.17, 15) is 9.59 Å². The molecule has 3 aliphatic rings. The number of carbonyl (C=O) groups is 2. The van der Waals surface area contributed by atoms with E-state index in [2.05, 4.69) is 0 Å². The molecule has 0 N–H and O–H groups in total. The molecule has 0 spiro atoms. The number of hydrogen-bond donors (Lipinski definition) is 0. The molecule has 0 saturated carbocycles. The SMILES string of the molecule is COCCN1C[C@@]2(F)CN(C(=O)c3ccc4c(c3)OCCCO4)C[C@@]2(F)C1=O. The smallest absolute Gasteiger partial charge is 0.265 e. The highest BCUT2D eigenvalue weighted by Gasteiger charge is 2.71. The summed E-state index contributed by atoms with van der Waals surface area (Å²) in [6.45, 7) is -0.202. The summed E-state index contributed by atoms with van der Waals surface area (Å²) in [6, 6.07) is 4.66. The molecule has 0 aliphatic carbocycles. The summed E-state index contributed by atoms with van der Waals surface area (Å²) < 4.78 is 46.7. The molecule has 28 heavy (non-hydrogen) atoms. The molecule has 9 heteroatoms. The maximum absolute atomic E-state index is 15.4. The van der Waals surface area contributed by atoms with E-state index >= 15 is 8.78 Å². The molecule has 0 unspecified atom stereocenters. The lowest BCUT2D eigenvalue weighted by molar-refractivity contribution is -0.139. The maximum Gasteiger partial charge on any atom is 0.265 e. The number of hydrogen-bond acceptors (Lipinski definition) is 5. The van der Waals surface area contributed by atoms with E-state index < -0.39 is 42.8 Å². The fourth-order valence-corrected chi connectivity index (χ4v) is 3.95. The summed E-state index contributed by atoms with van der Waals surface area (Å²) in [7, 11) is 1.45. The lowest BCUT2D eigenvalue weighted by Gasteiger charge is -2.22. The number of halogens is 2. The van der Waals surface area contributed by atoms with Gasteiger partial charge in [-0.05, 0) is 18.2 Å². The zero-order chi connectivity index (χ0) is 19.9. The van der Waals surface area contributed by atoms with Crippen LogP contribution < -0.4 is 9.47 Å². The summed E-state index contributed by atoms with van der Waals surface area (Å²) >= 11 is 0. The molecule has 3 aliphatic heterocycles. The van der Waals surface area contributed by atoms with Crippen LogP contribution >= 0.6 is 0 Å². The minimum atomic E-state index is -2.73. The zero-order valence-electron chi connectivity index (χ0n) is 15.6. The molecule has 4 rings (SSSR count). The van der Waals surface area contributed by atoms with Gasteiger partial charge in [0.25, 0.3) is 11.8 Å². The van der Waals surface area contributed by atoms with Crippen LogP contribution in [0.25, 0.3) is 0 Å². The predicted octanol–water partition coefficient (Wildman–Crippen LogP) is 1.21. The fourth-order valence-electron chi connectivity index (χ4n) is 3.95. The van der Waals surface area contributed by atoms with Crippen LogP contribution in [0.1, 0.15) is 16.8 Å². The third-order valence-electron chi connectivity index (χ3n) is 5.48. The van der Waals surface area contributed by atoms with Gasteiger partial charge in [-0.3, -0.25) is 9.59 Å². The van der Waals surface area contributed by atoms with Gasteiger partial charge in [-0.15, -0.1) is 0 Å². The van der Waals surface area contributed by atoms with E-state index in [0.29, 0.717) is 24.7 Å². The van der Waals surface area contributed by atoms with Crippen LogP contribution in [0.2, 0.25) is 0 Å². The Kier molecular flexibility index (Phi) is 4.65. The van der Waals surface area contributed by atoms with E-state index in [0.717, 1.165) is 16.2 Å². The van der Waals surface area contributed by atoms with Crippen LogP contribution in [0.3, 0.4) is 0 Å². The Morgan fingerprint density at radius 1 is 1.18 bits per heavy atom. The van der Waals surface area contributed by atoms with Crippen LogP contribution in [-0.4, -0.2) is 86.1 Å². The van der Waals surface area contributed by atoms with E-state index in [1.807, 2.05) is 0 Å². The molecule has 2 atom stereocenters. The summed E-state index contributed by atoms with van der Waals surface area (Å²) in [5, 5.41) is 0. The number of nitrogens with zero attached hydrogens (tertiary/aromatic N) is 2. The van der Waals surface area contributed by atoms with Crippen LogP contribution in [0.4, 0.5) is 8.78 Å². The molecular formula is C19H22F2N2O5. The largest absolute Gasteiger partial charge is 0.490 e. The molecular weight excluding hydrogens is 374 g/mol. The Balaban J connectivity index is 1.53. The molecule has 1 aromatic carbocycles. The summed E-state index contributed by atoms with van der Waals surface area (Å²) in [4.78, 5) is 27.5. The molecule has 2 saturated heterocycles. The van der Waals surface area contributed by atoms with Crippen LogP contribution in [0.15, 0.2) is 18.2 Å². The van der Waals surface area contributed by atoms with Crippen LogP contribution in [0, 0.1) is 0 Å². The van der Waals surface area contributed by atoms with Crippen molar-refractivity contribution in [1.82, 2.24) is 9.80 Å². The normalized spacial score (nSPS) is 29.0. The van der Waals surface area contributed by atoms with Gasteiger partial charge < -0.3 is 24.0 Å². The molecule has 3 heterocycles. The zero-order valence-corrected chi connectivity index (χ0v) is 15.6. The first-order chi connectivity index (χ1) is 13.4. The standard InChI is InChI=1S/C19H22F2N2O5/c1-26-8-5-22-10-18(20)11-23(12-19(18,21)17(22)25)16(24)13-3-4-14-15(9-13)28-7-2-6-27-14/h3-4,9H,2,5-8,10-12H2,1H3/t18-,19-/m1/s1. The third-order valence-corrected chi connectivity index (χ3v) is 5.48. The van der Waals surface area contributed by atoms with Gasteiger partial charge in [-0.1, -0.05) is 0 Å². The van der Waals surface area contributed by atoms with E-state index in [1.165, 1.54) is 19.2 Å². The lowest BCUT2D eigenvalue weighted by Crippen LogP contribution is -2.47. The molecule has 2 amide bonds. The quantitative estimate of drug-likeness (QED) is 0.765. The monoisotopic (exact) mass is 396 g/mol. The Bertz CT molecular complexity index is 807. The molecule has 1 aromatic rings. The van der Waals surface area contributed by atoms with Gasteiger partial charge >= 0.3 is 0 Å². The van der Waals surface area contributed by atoms with Crippen molar-refractivity contribution in [1.29, 1.82) is 0 Å². The predicted molar refractivity (Wildman–Crippen MR) is 94.1 cm³/mol. The van der Waals surface area contributed by atoms with Gasteiger partial charge in [0.05, 0.1) is 39.5 Å². The second-order valence-electron chi connectivity index (χ2n) is 7.36. The summed E-state index contributed by atoms with van der Waals surface area (Å²) in [6.07, 6.45) is 0.723. The third kappa shape index (κ3) is 2.88. The van der Waals surface area contributed by atoms with E-state index in [4.69, 9.17) is 14.2 Å². The first-order valence-electron chi connectivity index (χ1n) is 9.23. The van der Waals surface area contributed by atoms with Gasteiger partial charge in [0.1, 0.15) is 0 Å². The van der Waals surface area contributed by atoms with Crippen molar-refractivity contribution in [2.24, 2.45) is 0 Å². The summed E-state index contributed by atoms with van der Waals surface area (Å²) in [5.41, 5.74) is -4.93. The second kappa shape index (κ2) is 6.88. The summed E-state index contributed by atoms with van der Waals surface area (Å²) in [5.74, 6) is -0.522. The highest BCUT2D eigenvalue weighted by Crippen LogP contribution is 2.46. The molecule has 152 valence electrons. The molecule has 0 bridgehead atoms. The number of benzene rings is 1. The lowest BCUT2D eigenvalue weighted by atomic mass is 9.93. The van der Waals surface area contributed by atoms with Gasteiger partial charge in [-0.2, -0.15) is 0 Å². The highest BCUT2D eigenvalue weighted by molar-refractivity contribution is 5.98. The van der Waals surface area contributed by atoms with Crippen molar-refractivity contribution in [3.63, 3.8) is 0 Å². The first kappa shape index (κ1) is 18.9. The number of ether oxygens (including phenoxy) is 3. The number of rotatable bonds is 4. The van der Waals surface area contributed by atoms with Crippen molar-refractivity contribution in [2.75, 3.05) is 53.1 Å². The number of alkyl halides is 2. The van der Waals surface area contributed by atoms with Crippen molar-refractivity contribution in [2.45, 2.75) is 17.8 Å². The number of amides is 2. The van der Waals surface area contributed by atoms with Crippen LogP contribution in [-0.2, 0) is 9.53 Å². The average molecular weight is 396 g/mol. The van der Waals surface area contributed by atoms with Crippen molar-refractivity contribution in [3.8, 4) is 11.5 Å². The average Bonchev–Trinajstić information content (AvgIpc) is 2.92. The van der Waals surface area contributed by atoms with Crippen molar-refractivity contribution < 1.29 is 32.6 Å². The Labute approximate surface area is 161 Å². The number of fused-ring (bicyclic) bond motifs is 2. The van der Waals surface area contributed by atoms with E-state index in [-0.39, 0.29) is 18.7 Å². The molecule has 0 aromatic heterocycles. The highest BCUT2D eigenvalue weighted by atomic mass is 19.2. The Morgan fingerprint density at radius 3 is 2.64 bits per heavy atom. The van der Waals surface area contributed by atoms with Crippen molar-refractivity contribution >= 4 is 11.8 Å². The molecule has 2 fully saturated rings. The second-order valence-corrected chi connectivity index (χ2v) is 7.36. The minimum absolute atomic E-state index is 0.114. The number of methoxy groups -OCH3 is 1. The Morgan fingerprint density at radius 2 is 1.93 bits per heavy atom. The topological polar surface area (TPSA) is 68.3 Å². The van der Waals surface area contributed by atoms with Crippen LogP contribution in [0.5, 0.6) is 11.5 Å². The fraction of sp³-hybridized carbons (Fsp3) is 0.579. The first-order valence-corrected chi connectivity index (χ1v) is 9.23. The van der Waals surface area contributed by atoms with Gasteiger partial charge in [0, 0.05) is 25.6 Å².